The molecule has 0 saturated heterocycles. The van der Waals surface area contributed by atoms with Crippen LogP contribution in [-0.4, -0.2) is 35.1 Å². The van der Waals surface area contributed by atoms with E-state index in [4.69, 9.17) is 23.2 Å². The van der Waals surface area contributed by atoms with Crippen molar-refractivity contribution in [3.8, 4) is 0 Å². The SMILES string of the molecule is CCNC(=O)[C@H](C)N(Cc1ccc(Br)cc1)C(=O)CSCc1c(Cl)cccc1Cl. The van der Waals surface area contributed by atoms with Crippen LogP contribution >= 0.6 is 50.9 Å². The zero-order chi connectivity index (χ0) is 21.4. The van der Waals surface area contributed by atoms with Crippen molar-refractivity contribution < 1.29 is 9.59 Å². The van der Waals surface area contributed by atoms with Crippen molar-refractivity contribution in [1.29, 1.82) is 0 Å². The average Bonchev–Trinajstić information content (AvgIpc) is 2.69. The number of carbonyl (C=O) groups is 2. The lowest BCUT2D eigenvalue weighted by atomic mass is 10.1. The van der Waals surface area contributed by atoms with Gasteiger partial charge in [-0.15, -0.1) is 11.8 Å². The molecule has 0 radical (unpaired) electrons. The van der Waals surface area contributed by atoms with Crippen LogP contribution in [-0.2, 0) is 21.9 Å². The molecule has 0 fully saturated rings. The summed E-state index contributed by atoms with van der Waals surface area (Å²) in [4.78, 5) is 26.9. The number of halogens is 3. The lowest BCUT2D eigenvalue weighted by Crippen LogP contribution is -2.48. The molecule has 2 aromatic rings. The molecule has 2 aromatic carbocycles. The first-order chi connectivity index (χ1) is 13.8. The van der Waals surface area contributed by atoms with Gasteiger partial charge < -0.3 is 10.2 Å². The number of thioether (sulfide) groups is 1. The van der Waals surface area contributed by atoms with Gasteiger partial charge in [0.1, 0.15) is 6.04 Å². The number of rotatable bonds is 9. The molecule has 0 aliphatic rings. The number of nitrogens with zero attached hydrogens (tertiary/aromatic N) is 1. The fraction of sp³-hybridized carbons (Fsp3) is 0.333. The molecule has 0 saturated carbocycles. The molecule has 0 aromatic heterocycles. The molecule has 0 spiro atoms. The fourth-order valence-electron chi connectivity index (χ4n) is 2.68. The summed E-state index contributed by atoms with van der Waals surface area (Å²) in [5, 5.41) is 3.96. The first kappa shape index (κ1) is 24.1. The second-order valence-electron chi connectivity index (χ2n) is 6.41. The van der Waals surface area contributed by atoms with Gasteiger partial charge in [-0.25, -0.2) is 0 Å². The van der Waals surface area contributed by atoms with Crippen LogP contribution < -0.4 is 5.32 Å². The molecular formula is C21H23BrCl2N2O2S. The van der Waals surface area contributed by atoms with Gasteiger partial charge in [0.25, 0.3) is 0 Å². The summed E-state index contributed by atoms with van der Waals surface area (Å²) in [5.41, 5.74) is 1.77. The van der Waals surface area contributed by atoms with Crippen LogP contribution in [0.5, 0.6) is 0 Å². The standard InChI is InChI=1S/C21H23BrCl2N2O2S/c1-3-25-21(28)14(2)26(11-15-7-9-16(22)10-8-15)20(27)13-29-12-17-18(23)5-4-6-19(17)24/h4-10,14H,3,11-13H2,1-2H3,(H,25,28)/t14-/m0/s1. The highest BCUT2D eigenvalue weighted by Gasteiger charge is 2.25. The van der Waals surface area contributed by atoms with Crippen molar-refractivity contribution in [2.75, 3.05) is 12.3 Å². The smallest absolute Gasteiger partial charge is 0.242 e. The molecule has 0 unspecified atom stereocenters. The molecule has 4 nitrogen and oxygen atoms in total. The second kappa shape index (κ2) is 11.8. The van der Waals surface area contributed by atoms with E-state index in [1.807, 2.05) is 31.2 Å². The van der Waals surface area contributed by atoms with Gasteiger partial charge in [-0.2, -0.15) is 0 Å². The van der Waals surface area contributed by atoms with Crippen molar-refractivity contribution >= 4 is 62.7 Å². The second-order valence-corrected chi connectivity index (χ2v) is 9.13. The Morgan fingerprint density at radius 1 is 1.14 bits per heavy atom. The number of amides is 2. The lowest BCUT2D eigenvalue weighted by molar-refractivity contribution is -0.138. The van der Waals surface area contributed by atoms with Crippen molar-refractivity contribution in [1.82, 2.24) is 10.2 Å². The van der Waals surface area contributed by atoms with E-state index in [0.29, 0.717) is 28.9 Å². The Balaban J connectivity index is 2.08. The molecule has 29 heavy (non-hydrogen) atoms. The van der Waals surface area contributed by atoms with E-state index in [-0.39, 0.29) is 17.6 Å². The predicted octanol–water partition coefficient (Wildman–Crippen LogP) is 5.54. The van der Waals surface area contributed by atoms with Crippen LogP contribution in [0.2, 0.25) is 10.0 Å². The third-order valence-corrected chi connectivity index (χ3v) is 6.50. The third-order valence-electron chi connectivity index (χ3n) is 4.32. The van der Waals surface area contributed by atoms with E-state index >= 15 is 0 Å². The normalized spacial score (nSPS) is 11.8. The van der Waals surface area contributed by atoms with Gasteiger partial charge >= 0.3 is 0 Å². The molecular weight excluding hydrogens is 495 g/mol. The van der Waals surface area contributed by atoms with Gasteiger partial charge in [-0.1, -0.05) is 57.3 Å². The van der Waals surface area contributed by atoms with E-state index in [0.717, 1.165) is 15.6 Å². The molecule has 0 bridgehead atoms. The minimum atomic E-state index is -0.574. The average molecular weight is 518 g/mol. The molecule has 0 heterocycles. The van der Waals surface area contributed by atoms with Crippen LogP contribution in [0.4, 0.5) is 0 Å². The van der Waals surface area contributed by atoms with Crippen molar-refractivity contribution in [2.45, 2.75) is 32.2 Å². The summed E-state index contributed by atoms with van der Waals surface area (Å²) in [6, 6.07) is 12.5. The first-order valence-electron chi connectivity index (χ1n) is 9.15. The number of nitrogens with one attached hydrogen (secondary N) is 1. The monoisotopic (exact) mass is 516 g/mol. The predicted molar refractivity (Wildman–Crippen MR) is 125 cm³/mol. The summed E-state index contributed by atoms with van der Waals surface area (Å²) in [7, 11) is 0. The number of hydrogen-bond acceptors (Lipinski definition) is 3. The molecule has 2 rings (SSSR count). The Morgan fingerprint density at radius 3 is 2.34 bits per heavy atom. The van der Waals surface area contributed by atoms with Crippen molar-refractivity contribution in [2.24, 2.45) is 0 Å². The molecule has 0 aliphatic heterocycles. The van der Waals surface area contributed by atoms with Crippen LogP contribution in [0, 0.1) is 0 Å². The van der Waals surface area contributed by atoms with Gasteiger partial charge in [0.2, 0.25) is 11.8 Å². The minimum Gasteiger partial charge on any atom is -0.355 e. The Morgan fingerprint density at radius 2 is 1.76 bits per heavy atom. The van der Waals surface area contributed by atoms with Gasteiger partial charge in [-0.05, 0) is 49.2 Å². The van der Waals surface area contributed by atoms with Gasteiger partial charge in [0.15, 0.2) is 0 Å². The topological polar surface area (TPSA) is 49.4 Å². The van der Waals surface area contributed by atoms with Gasteiger partial charge in [0.05, 0.1) is 5.75 Å². The number of carbonyl (C=O) groups excluding carboxylic acids is 2. The maximum Gasteiger partial charge on any atom is 0.242 e. The first-order valence-corrected chi connectivity index (χ1v) is 11.9. The number of likely N-dealkylation sites (N-methyl/N-ethyl adjacent to an activating group) is 1. The van der Waals surface area contributed by atoms with Crippen molar-refractivity contribution in [3.05, 3.63) is 68.1 Å². The van der Waals surface area contributed by atoms with E-state index in [9.17, 15) is 9.59 Å². The Kier molecular flexibility index (Phi) is 9.83. The molecule has 2 amide bonds. The summed E-state index contributed by atoms with van der Waals surface area (Å²) in [6.45, 7) is 4.48. The minimum absolute atomic E-state index is 0.111. The summed E-state index contributed by atoms with van der Waals surface area (Å²) in [5.74, 6) is 0.463. The molecule has 156 valence electrons. The van der Waals surface area contributed by atoms with E-state index in [2.05, 4.69) is 21.2 Å². The maximum absolute atomic E-state index is 13.0. The highest BCUT2D eigenvalue weighted by Crippen LogP contribution is 2.28. The Hall–Kier alpha value is -1.21. The fourth-order valence-corrected chi connectivity index (χ4v) is 4.60. The Bertz CT molecular complexity index is 829. The maximum atomic E-state index is 13.0. The van der Waals surface area contributed by atoms with E-state index < -0.39 is 6.04 Å². The lowest BCUT2D eigenvalue weighted by Gasteiger charge is -2.28. The van der Waals surface area contributed by atoms with Crippen LogP contribution in [0.1, 0.15) is 25.0 Å². The zero-order valence-electron chi connectivity index (χ0n) is 16.3. The van der Waals surface area contributed by atoms with Gasteiger partial charge in [-0.3, -0.25) is 9.59 Å². The molecule has 1 N–H and O–H groups in total. The molecule has 0 aliphatic carbocycles. The summed E-state index contributed by atoms with van der Waals surface area (Å²) >= 11 is 17.2. The number of hydrogen-bond donors (Lipinski definition) is 1. The zero-order valence-corrected chi connectivity index (χ0v) is 20.2. The highest BCUT2D eigenvalue weighted by molar-refractivity contribution is 9.10. The largest absolute Gasteiger partial charge is 0.355 e. The van der Waals surface area contributed by atoms with Crippen molar-refractivity contribution in [3.63, 3.8) is 0 Å². The Labute approximate surface area is 194 Å². The molecule has 8 heteroatoms. The summed E-state index contributed by atoms with van der Waals surface area (Å²) in [6.07, 6.45) is 0. The van der Waals surface area contributed by atoms with Crippen LogP contribution in [0.15, 0.2) is 46.9 Å². The third kappa shape index (κ3) is 7.21. The van der Waals surface area contributed by atoms with Crippen LogP contribution in [0.3, 0.4) is 0 Å². The van der Waals surface area contributed by atoms with Crippen LogP contribution in [0.25, 0.3) is 0 Å². The van der Waals surface area contributed by atoms with Gasteiger partial charge in [0, 0.05) is 33.4 Å². The quantitative estimate of drug-likeness (QED) is 0.474. The molecule has 1 atom stereocenters. The van der Waals surface area contributed by atoms with E-state index in [1.54, 1.807) is 30.0 Å². The van der Waals surface area contributed by atoms with E-state index in [1.165, 1.54) is 11.8 Å². The highest BCUT2D eigenvalue weighted by atomic mass is 79.9. The number of benzene rings is 2. The summed E-state index contributed by atoms with van der Waals surface area (Å²) < 4.78 is 0.961.